The van der Waals surface area contributed by atoms with Gasteiger partial charge in [0, 0.05) is 38.9 Å². The minimum atomic E-state index is -0.243. The molecule has 0 radical (unpaired) electrons. The number of aromatic nitrogens is 1. The average molecular weight is 382 g/mol. The smallest absolute Gasteiger partial charge is 0.232 e. The molecular formula is C21H26N4O3. The number of nitrogens with zero attached hydrogens (tertiary/aromatic N) is 3. The molecule has 3 rings (SSSR count). The number of rotatable bonds is 7. The van der Waals surface area contributed by atoms with Gasteiger partial charge in [0.2, 0.25) is 11.8 Å². The molecule has 1 aliphatic rings. The molecule has 1 aliphatic heterocycles. The second kappa shape index (κ2) is 9.73. The van der Waals surface area contributed by atoms with Crippen molar-refractivity contribution in [1.29, 1.82) is 0 Å². The Morgan fingerprint density at radius 3 is 2.54 bits per heavy atom. The molecule has 0 aliphatic carbocycles. The lowest BCUT2D eigenvalue weighted by Crippen LogP contribution is -2.49. The SMILES string of the molecule is COc1ccccc1CCNC(=O)CC(=O)N1CCN(c2ccccn2)CC1. The number of carbonyl (C=O) groups excluding carboxylic acids is 2. The summed E-state index contributed by atoms with van der Waals surface area (Å²) in [4.78, 5) is 32.8. The molecule has 1 N–H and O–H groups in total. The van der Waals surface area contributed by atoms with E-state index in [-0.39, 0.29) is 18.2 Å². The molecule has 1 aromatic carbocycles. The van der Waals surface area contributed by atoms with Crippen molar-refractivity contribution in [1.82, 2.24) is 15.2 Å². The van der Waals surface area contributed by atoms with Gasteiger partial charge in [0.15, 0.2) is 0 Å². The molecule has 148 valence electrons. The van der Waals surface area contributed by atoms with Crippen LogP contribution in [0, 0.1) is 0 Å². The van der Waals surface area contributed by atoms with Crippen molar-refractivity contribution in [2.24, 2.45) is 0 Å². The number of para-hydroxylation sites is 1. The van der Waals surface area contributed by atoms with Crippen molar-refractivity contribution in [3.63, 3.8) is 0 Å². The summed E-state index contributed by atoms with van der Waals surface area (Å²) >= 11 is 0. The highest BCUT2D eigenvalue weighted by atomic mass is 16.5. The summed E-state index contributed by atoms with van der Waals surface area (Å²) in [5, 5.41) is 2.82. The quantitative estimate of drug-likeness (QED) is 0.735. The van der Waals surface area contributed by atoms with E-state index in [9.17, 15) is 9.59 Å². The third-order valence-corrected chi connectivity index (χ3v) is 4.83. The van der Waals surface area contributed by atoms with Crippen LogP contribution in [0.25, 0.3) is 0 Å². The van der Waals surface area contributed by atoms with Crippen molar-refractivity contribution in [3.8, 4) is 5.75 Å². The molecule has 0 atom stereocenters. The number of hydrogen-bond acceptors (Lipinski definition) is 5. The summed E-state index contributed by atoms with van der Waals surface area (Å²) in [6, 6.07) is 13.5. The van der Waals surface area contributed by atoms with E-state index in [2.05, 4.69) is 15.2 Å². The molecule has 0 unspecified atom stereocenters. The second-order valence-electron chi connectivity index (χ2n) is 6.64. The highest BCUT2D eigenvalue weighted by Gasteiger charge is 2.23. The minimum absolute atomic E-state index is 0.116. The summed E-state index contributed by atoms with van der Waals surface area (Å²) in [7, 11) is 1.63. The third kappa shape index (κ3) is 5.22. The minimum Gasteiger partial charge on any atom is -0.496 e. The Bertz CT molecular complexity index is 789. The van der Waals surface area contributed by atoms with Crippen molar-refractivity contribution < 1.29 is 14.3 Å². The van der Waals surface area contributed by atoms with Crippen LogP contribution in [0.3, 0.4) is 0 Å². The topological polar surface area (TPSA) is 74.8 Å². The summed E-state index contributed by atoms with van der Waals surface area (Å²) in [5.41, 5.74) is 1.03. The van der Waals surface area contributed by atoms with Gasteiger partial charge >= 0.3 is 0 Å². The number of pyridine rings is 1. The van der Waals surface area contributed by atoms with Gasteiger partial charge in [-0.25, -0.2) is 4.98 Å². The number of nitrogens with one attached hydrogen (secondary N) is 1. The zero-order valence-electron chi connectivity index (χ0n) is 16.1. The summed E-state index contributed by atoms with van der Waals surface area (Å²) < 4.78 is 5.31. The zero-order chi connectivity index (χ0) is 19.8. The first-order valence-electron chi connectivity index (χ1n) is 9.49. The lowest BCUT2D eigenvalue weighted by Gasteiger charge is -2.35. The predicted molar refractivity (Wildman–Crippen MR) is 107 cm³/mol. The number of methoxy groups -OCH3 is 1. The molecular weight excluding hydrogens is 356 g/mol. The number of amides is 2. The molecule has 7 nitrogen and oxygen atoms in total. The highest BCUT2D eigenvalue weighted by Crippen LogP contribution is 2.17. The van der Waals surface area contributed by atoms with Gasteiger partial charge in [0.1, 0.15) is 18.0 Å². The Kier molecular flexibility index (Phi) is 6.84. The van der Waals surface area contributed by atoms with Crippen LogP contribution < -0.4 is 15.0 Å². The largest absolute Gasteiger partial charge is 0.496 e. The van der Waals surface area contributed by atoms with Crippen molar-refractivity contribution >= 4 is 17.6 Å². The maximum atomic E-state index is 12.4. The fraction of sp³-hybridized carbons (Fsp3) is 0.381. The highest BCUT2D eigenvalue weighted by molar-refractivity contribution is 5.97. The monoisotopic (exact) mass is 382 g/mol. The summed E-state index contributed by atoms with van der Waals surface area (Å²) in [5.74, 6) is 1.35. The second-order valence-corrected chi connectivity index (χ2v) is 6.64. The van der Waals surface area contributed by atoms with E-state index >= 15 is 0 Å². The normalized spacial score (nSPS) is 13.9. The lowest BCUT2D eigenvalue weighted by atomic mass is 10.1. The first-order valence-corrected chi connectivity index (χ1v) is 9.49. The van der Waals surface area contributed by atoms with E-state index in [0.717, 1.165) is 30.2 Å². The molecule has 0 saturated carbocycles. The number of piperazine rings is 1. The molecule has 2 amide bonds. The van der Waals surface area contributed by atoms with Crippen LogP contribution in [0.5, 0.6) is 5.75 Å². The molecule has 28 heavy (non-hydrogen) atoms. The van der Waals surface area contributed by atoms with Crippen LogP contribution in [0.4, 0.5) is 5.82 Å². The molecule has 1 saturated heterocycles. The third-order valence-electron chi connectivity index (χ3n) is 4.83. The first kappa shape index (κ1) is 19.7. The van der Waals surface area contributed by atoms with E-state index in [4.69, 9.17) is 4.74 Å². The number of carbonyl (C=O) groups is 2. The van der Waals surface area contributed by atoms with Crippen molar-refractivity contribution in [2.45, 2.75) is 12.8 Å². The van der Waals surface area contributed by atoms with Gasteiger partial charge < -0.3 is 19.9 Å². The molecule has 0 bridgehead atoms. The Hall–Kier alpha value is -3.09. The molecule has 2 heterocycles. The standard InChI is InChI=1S/C21H26N4O3/c1-28-18-7-3-2-6-17(18)9-11-23-20(26)16-21(27)25-14-12-24(13-15-25)19-8-4-5-10-22-19/h2-8,10H,9,11-16H2,1H3,(H,23,26). The van der Waals surface area contributed by atoms with Gasteiger partial charge in [0.05, 0.1) is 7.11 Å². The van der Waals surface area contributed by atoms with Gasteiger partial charge in [0.25, 0.3) is 0 Å². The first-order chi connectivity index (χ1) is 13.7. The van der Waals surface area contributed by atoms with Gasteiger partial charge in [-0.2, -0.15) is 0 Å². The number of anilines is 1. The summed E-state index contributed by atoms with van der Waals surface area (Å²) in [6.07, 6.45) is 2.31. The van der Waals surface area contributed by atoms with Crippen LogP contribution in [-0.2, 0) is 16.0 Å². The Morgan fingerprint density at radius 1 is 1.07 bits per heavy atom. The van der Waals surface area contributed by atoms with Crippen LogP contribution in [0.2, 0.25) is 0 Å². The fourth-order valence-corrected chi connectivity index (χ4v) is 3.28. The Morgan fingerprint density at radius 2 is 1.82 bits per heavy atom. The lowest BCUT2D eigenvalue weighted by molar-refractivity contribution is -0.136. The average Bonchev–Trinajstić information content (AvgIpc) is 2.75. The van der Waals surface area contributed by atoms with Gasteiger partial charge in [-0.05, 0) is 30.2 Å². The molecule has 2 aromatic rings. The van der Waals surface area contributed by atoms with Crippen LogP contribution in [0.1, 0.15) is 12.0 Å². The zero-order valence-corrected chi connectivity index (χ0v) is 16.1. The van der Waals surface area contributed by atoms with Crippen molar-refractivity contribution in [3.05, 3.63) is 54.2 Å². The van der Waals surface area contributed by atoms with E-state index in [1.165, 1.54) is 0 Å². The fourth-order valence-electron chi connectivity index (χ4n) is 3.28. The van der Waals surface area contributed by atoms with Gasteiger partial charge in [-0.15, -0.1) is 0 Å². The van der Waals surface area contributed by atoms with E-state index in [1.807, 2.05) is 42.5 Å². The van der Waals surface area contributed by atoms with E-state index in [0.29, 0.717) is 26.1 Å². The van der Waals surface area contributed by atoms with E-state index in [1.54, 1.807) is 18.2 Å². The van der Waals surface area contributed by atoms with Crippen molar-refractivity contribution in [2.75, 3.05) is 44.7 Å². The maximum absolute atomic E-state index is 12.4. The Balaban J connectivity index is 1.39. The predicted octanol–water partition coefficient (Wildman–Crippen LogP) is 1.49. The van der Waals surface area contributed by atoms with Gasteiger partial charge in [-0.3, -0.25) is 9.59 Å². The maximum Gasteiger partial charge on any atom is 0.232 e. The van der Waals surface area contributed by atoms with E-state index < -0.39 is 0 Å². The molecule has 0 spiro atoms. The van der Waals surface area contributed by atoms with Gasteiger partial charge in [-0.1, -0.05) is 24.3 Å². The van der Waals surface area contributed by atoms with Crippen LogP contribution >= 0.6 is 0 Å². The number of ether oxygens (including phenoxy) is 1. The molecule has 7 heteroatoms. The number of hydrogen-bond donors (Lipinski definition) is 1. The Labute approximate surface area is 165 Å². The molecule has 1 aromatic heterocycles. The number of benzene rings is 1. The summed E-state index contributed by atoms with van der Waals surface area (Å²) in [6.45, 7) is 3.12. The van der Waals surface area contributed by atoms with Crippen LogP contribution in [-0.4, -0.2) is 61.5 Å². The molecule has 1 fully saturated rings. The van der Waals surface area contributed by atoms with Crippen LogP contribution in [0.15, 0.2) is 48.7 Å².